The molecule has 0 saturated carbocycles. The minimum Gasteiger partial charge on any atom is -0.319 e. The number of amides is 1. The number of halogens is 6. The first-order valence-electron chi connectivity index (χ1n) is 10.3. The van der Waals surface area contributed by atoms with Crippen LogP contribution in [0.5, 0.6) is 0 Å². The van der Waals surface area contributed by atoms with Crippen molar-refractivity contribution in [1.29, 1.82) is 0 Å². The molecule has 0 spiro atoms. The summed E-state index contributed by atoms with van der Waals surface area (Å²) < 4.78 is 80.3. The van der Waals surface area contributed by atoms with Crippen molar-refractivity contribution in [2.45, 2.75) is 26.2 Å². The number of nitrogens with zero attached hydrogens (tertiary/aromatic N) is 4. The highest BCUT2D eigenvalue weighted by Crippen LogP contribution is 2.38. The fraction of sp³-hybridized carbons (Fsp3) is 0.167. The number of aliphatic imine (C=N–C) groups is 1. The molecule has 0 bridgehead atoms. The van der Waals surface area contributed by atoms with E-state index >= 15 is 0 Å². The third-order valence-corrected chi connectivity index (χ3v) is 4.94. The van der Waals surface area contributed by atoms with Crippen LogP contribution in [0.25, 0.3) is 11.4 Å². The van der Waals surface area contributed by atoms with Crippen LogP contribution in [0.2, 0.25) is 0 Å². The molecule has 0 radical (unpaired) electrons. The second-order valence-electron chi connectivity index (χ2n) is 7.45. The Bertz CT molecular complexity index is 1350. The van der Waals surface area contributed by atoms with Crippen molar-refractivity contribution >= 4 is 24.0 Å². The van der Waals surface area contributed by atoms with Crippen molar-refractivity contribution in [2.75, 3.05) is 5.32 Å². The highest BCUT2D eigenvalue weighted by molar-refractivity contribution is 6.04. The lowest BCUT2D eigenvalue weighted by Gasteiger charge is -2.15. The molecule has 36 heavy (non-hydrogen) atoms. The van der Waals surface area contributed by atoms with Gasteiger partial charge in [-0.25, -0.2) is 4.68 Å². The molecule has 3 rings (SSSR count). The maximum Gasteiger partial charge on any atom is 0.418 e. The van der Waals surface area contributed by atoms with Gasteiger partial charge in [0.25, 0.3) is 5.91 Å². The van der Waals surface area contributed by atoms with Gasteiger partial charge in [0, 0.05) is 18.0 Å². The Labute approximate surface area is 201 Å². The summed E-state index contributed by atoms with van der Waals surface area (Å²) in [5.41, 5.74) is -2.30. The Morgan fingerprint density at radius 2 is 1.78 bits per heavy atom. The van der Waals surface area contributed by atoms with E-state index in [9.17, 15) is 31.1 Å². The van der Waals surface area contributed by atoms with E-state index in [2.05, 4.69) is 27.1 Å². The average molecular weight is 507 g/mol. The van der Waals surface area contributed by atoms with Crippen LogP contribution in [0.4, 0.5) is 32.0 Å². The summed E-state index contributed by atoms with van der Waals surface area (Å²) in [5.74, 6) is -0.634. The molecule has 12 heteroatoms. The van der Waals surface area contributed by atoms with Crippen molar-refractivity contribution in [3.63, 3.8) is 0 Å². The summed E-state index contributed by atoms with van der Waals surface area (Å²) in [4.78, 5) is 20.7. The van der Waals surface area contributed by atoms with Gasteiger partial charge in [0.2, 0.25) is 0 Å². The van der Waals surface area contributed by atoms with Gasteiger partial charge < -0.3 is 5.32 Å². The quantitative estimate of drug-likeness (QED) is 0.236. The molecule has 0 atom stereocenters. The highest BCUT2D eigenvalue weighted by atomic mass is 19.4. The van der Waals surface area contributed by atoms with E-state index in [4.69, 9.17) is 0 Å². The van der Waals surface area contributed by atoms with Gasteiger partial charge in [-0.05, 0) is 50.9 Å². The Morgan fingerprint density at radius 3 is 2.39 bits per heavy atom. The van der Waals surface area contributed by atoms with Gasteiger partial charge in [-0.1, -0.05) is 12.2 Å². The van der Waals surface area contributed by atoms with E-state index in [-0.39, 0.29) is 23.0 Å². The van der Waals surface area contributed by atoms with E-state index in [0.29, 0.717) is 23.4 Å². The van der Waals surface area contributed by atoms with Crippen LogP contribution in [0.3, 0.4) is 0 Å². The molecule has 0 aliphatic rings. The molecule has 1 aromatic carbocycles. The first-order valence-corrected chi connectivity index (χ1v) is 10.3. The SMILES string of the molecule is C=N/C(=C\C=C/C)c1cncc(C(=O)Nc2cn(-c3ccc(C(F)(F)F)cc3C(F)(F)F)nc2C)c1. The molecule has 1 amide bonds. The number of aromatic nitrogens is 3. The molecule has 0 aliphatic carbocycles. The number of aryl methyl sites for hydroxylation is 1. The lowest BCUT2D eigenvalue weighted by atomic mass is 10.1. The predicted octanol–water partition coefficient (Wildman–Crippen LogP) is 6.48. The van der Waals surface area contributed by atoms with Crippen LogP contribution in [0.15, 0.2) is 66.1 Å². The van der Waals surface area contributed by atoms with Crippen LogP contribution >= 0.6 is 0 Å². The molecular formula is C24H19F6N5O. The third kappa shape index (κ3) is 5.88. The molecule has 6 nitrogen and oxygen atoms in total. The van der Waals surface area contributed by atoms with Crippen molar-refractivity contribution < 1.29 is 31.1 Å². The molecule has 2 heterocycles. The third-order valence-electron chi connectivity index (χ3n) is 4.94. The first-order chi connectivity index (χ1) is 16.8. The fourth-order valence-electron chi connectivity index (χ4n) is 3.17. The van der Waals surface area contributed by atoms with Crippen LogP contribution in [0, 0.1) is 6.92 Å². The number of pyridine rings is 1. The van der Waals surface area contributed by atoms with E-state index < -0.39 is 35.1 Å². The number of alkyl halides is 6. The number of rotatable bonds is 6. The molecule has 0 unspecified atom stereocenters. The molecule has 0 aliphatic heterocycles. The van der Waals surface area contributed by atoms with Crippen molar-refractivity contribution in [3.8, 4) is 5.69 Å². The zero-order valence-electron chi connectivity index (χ0n) is 18.9. The molecule has 188 valence electrons. The van der Waals surface area contributed by atoms with Crippen LogP contribution < -0.4 is 5.32 Å². The largest absolute Gasteiger partial charge is 0.418 e. The summed E-state index contributed by atoms with van der Waals surface area (Å²) in [6.07, 6.45) is -1.01. The smallest absolute Gasteiger partial charge is 0.319 e. The monoisotopic (exact) mass is 507 g/mol. The Hall–Kier alpha value is -4.22. The standard InChI is InChI=1S/C24H19F6N5O/c1-4-5-6-19(31-3)15-9-16(12-32-11-15)22(36)33-20-13-35(34-14(20)2)21-8-7-17(23(25,26)27)10-18(21)24(28,29)30/h4-13H,3H2,1-2H3,(H,33,36)/b5-4-,19-6-. The van der Waals surface area contributed by atoms with Gasteiger partial charge in [0.05, 0.1) is 45.7 Å². The highest BCUT2D eigenvalue weighted by Gasteiger charge is 2.39. The Morgan fingerprint density at radius 1 is 1.08 bits per heavy atom. The van der Waals surface area contributed by atoms with Crippen LogP contribution in [-0.2, 0) is 12.4 Å². The lowest BCUT2D eigenvalue weighted by molar-refractivity contribution is -0.143. The summed E-state index contributed by atoms with van der Waals surface area (Å²) >= 11 is 0. The number of benzene rings is 1. The molecule has 0 fully saturated rings. The molecular weight excluding hydrogens is 488 g/mol. The average Bonchev–Trinajstić information content (AvgIpc) is 3.18. The van der Waals surface area contributed by atoms with Gasteiger partial charge in [0.15, 0.2) is 0 Å². The number of nitrogens with one attached hydrogen (secondary N) is 1. The van der Waals surface area contributed by atoms with Crippen molar-refractivity contribution in [2.24, 2.45) is 4.99 Å². The number of hydrogen-bond donors (Lipinski definition) is 1. The van der Waals surface area contributed by atoms with Crippen LogP contribution in [0.1, 0.15) is 39.7 Å². The Balaban J connectivity index is 1.95. The number of carbonyl (C=O) groups is 1. The van der Waals surface area contributed by atoms with E-state index in [0.717, 1.165) is 10.9 Å². The summed E-state index contributed by atoms with van der Waals surface area (Å²) in [7, 11) is 0. The maximum atomic E-state index is 13.5. The van der Waals surface area contributed by atoms with Crippen molar-refractivity contribution in [3.05, 3.63) is 89.0 Å². The van der Waals surface area contributed by atoms with E-state index in [1.54, 1.807) is 18.2 Å². The van der Waals surface area contributed by atoms with E-state index in [1.807, 2.05) is 6.92 Å². The van der Waals surface area contributed by atoms with Gasteiger partial charge in [-0.3, -0.25) is 14.8 Å². The second kappa shape index (κ2) is 10.2. The van der Waals surface area contributed by atoms with Gasteiger partial charge in [-0.15, -0.1) is 0 Å². The van der Waals surface area contributed by atoms with Gasteiger partial charge in [-0.2, -0.15) is 31.4 Å². The number of hydrogen-bond acceptors (Lipinski definition) is 4. The first kappa shape index (κ1) is 26.4. The summed E-state index contributed by atoms with van der Waals surface area (Å²) in [6.45, 7) is 6.72. The topological polar surface area (TPSA) is 72.2 Å². The number of anilines is 1. The maximum absolute atomic E-state index is 13.5. The number of allylic oxidation sites excluding steroid dienone is 3. The molecule has 1 N–H and O–H groups in total. The second-order valence-corrected chi connectivity index (χ2v) is 7.45. The molecule has 0 saturated heterocycles. The van der Waals surface area contributed by atoms with Gasteiger partial charge in [0.1, 0.15) is 0 Å². The Kier molecular flexibility index (Phi) is 7.46. The summed E-state index contributed by atoms with van der Waals surface area (Å²) in [5, 5.41) is 6.49. The predicted molar refractivity (Wildman–Crippen MR) is 123 cm³/mol. The normalized spacial score (nSPS) is 12.7. The minimum atomic E-state index is -5.08. The zero-order valence-corrected chi connectivity index (χ0v) is 18.9. The fourth-order valence-corrected chi connectivity index (χ4v) is 3.17. The zero-order chi connectivity index (χ0) is 26.7. The van der Waals surface area contributed by atoms with E-state index in [1.165, 1.54) is 25.4 Å². The minimum absolute atomic E-state index is 0.0221. The van der Waals surface area contributed by atoms with Gasteiger partial charge >= 0.3 is 12.4 Å². The van der Waals surface area contributed by atoms with Crippen LogP contribution in [-0.4, -0.2) is 27.4 Å². The summed E-state index contributed by atoms with van der Waals surface area (Å²) in [6, 6.07) is 2.74. The lowest BCUT2D eigenvalue weighted by Crippen LogP contribution is -2.15. The number of carbonyl (C=O) groups excluding carboxylic acids is 1. The van der Waals surface area contributed by atoms with Crippen molar-refractivity contribution in [1.82, 2.24) is 14.8 Å². The molecule has 3 aromatic rings. The molecule has 2 aromatic heterocycles.